The van der Waals surface area contributed by atoms with E-state index in [2.05, 4.69) is 13.8 Å². The van der Waals surface area contributed by atoms with Crippen LogP contribution in [0.1, 0.15) is 81.1 Å². The van der Waals surface area contributed by atoms with Gasteiger partial charge in [0.15, 0.2) is 0 Å². The molecule has 0 aromatic heterocycles. The average Bonchev–Trinajstić information content (AvgIpc) is 2.41. The van der Waals surface area contributed by atoms with Crippen LogP contribution in [0.2, 0.25) is 0 Å². The molecule has 0 saturated carbocycles. The molecule has 0 N–H and O–H groups in total. The Hall–Kier alpha value is -0.240. The lowest BCUT2D eigenvalue weighted by Gasteiger charge is -2.26. The Labute approximate surface area is 135 Å². The maximum absolute atomic E-state index is 5.33. The Morgan fingerprint density at radius 1 is 0.636 bits per heavy atom. The molecule has 0 aromatic carbocycles. The van der Waals surface area contributed by atoms with E-state index < -0.39 is 12.6 Å². The van der Waals surface area contributed by atoms with Crippen molar-refractivity contribution < 1.29 is 29.3 Å². The van der Waals surface area contributed by atoms with E-state index in [0.717, 1.165) is 25.7 Å². The molecule has 0 aliphatic heterocycles. The van der Waals surface area contributed by atoms with Crippen LogP contribution >= 0.6 is 0 Å². The SMILES string of the molecule is CCCC(C)(C)OOC(C)OOC(C)OOC(C)(C)CCC. The second kappa shape index (κ2) is 10.5. The second-order valence-electron chi connectivity index (χ2n) is 6.71. The molecule has 2 atom stereocenters. The van der Waals surface area contributed by atoms with E-state index in [9.17, 15) is 0 Å². The van der Waals surface area contributed by atoms with Gasteiger partial charge in [0.2, 0.25) is 12.6 Å². The van der Waals surface area contributed by atoms with Crippen molar-refractivity contribution in [1.29, 1.82) is 0 Å². The largest absolute Gasteiger partial charge is 0.228 e. The van der Waals surface area contributed by atoms with Gasteiger partial charge >= 0.3 is 0 Å². The van der Waals surface area contributed by atoms with Gasteiger partial charge in [-0.1, -0.05) is 26.7 Å². The first-order chi connectivity index (χ1) is 10.1. The first-order valence-electron chi connectivity index (χ1n) is 8.13. The standard InChI is InChI=1S/C16H34O6/c1-9-11-15(5,6)21-19-13(3)17-18-14(4)20-22-16(7,8)12-10-2/h13-14H,9-12H2,1-8H3. The zero-order valence-electron chi connectivity index (χ0n) is 15.4. The van der Waals surface area contributed by atoms with Crippen molar-refractivity contribution in [1.82, 2.24) is 0 Å². The molecule has 0 fully saturated rings. The molecule has 0 saturated heterocycles. The average molecular weight is 322 g/mol. The maximum Gasteiger partial charge on any atom is 0.221 e. The topological polar surface area (TPSA) is 55.4 Å². The summed E-state index contributed by atoms with van der Waals surface area (Å²) in [6, 6.07) is 0. The van der Waals surface area contributed by atoms with Crippen LogP contribution in [0.25, 0.3) is 0 Å². The fourth-order valence-corrected chi connectivity index (χ4v) is 1.87. The smallest absolute Gasteiger partial charge is 0.221 e. The van der Waals surface area contributed by atoms with Crippen molar-refractivity contribution in [3.8, 4) is 0 Å². The third kappa shape index (κ3) is 11.3. The van der Waals surface area contributed by atoms with Crippen molar-refractivity contribution in [3.63, 3.8) is 0 Å². The zero-order valence-corrected chi connectivity index (χ0v) is 15.4. The van der Waals surface area contributed by atoms with E-state index in [0.29, 0.717) is 0 Å². The molecule has 0 rings (SSSR count). The molecular formula is C16H34O6. The Kier molecular flexibility index (Phi) is 10.4. The van der Waals surface area contributed by atoms with Crippen molar-refractivity contribution in [3.05, 3.63) is 0 Å². The minimum atomic E-state index is -0.675. The molecule has 0 heterocycles. The van der Waals surface area contributed by atoms with E-state index in [1.54, 1.807) is 13.8 Å². The van der Waals surface area contributed by atoms with E-state index in [1.807, 2.05) is 27.7 Å². The third-order valence-electron chi connectivity index (χ3n) is 2.85. The molecule has 0 spiro atoms. The lowest BCUT2D eigenvalue weighted by Crippen LogP contribution is -2.30. The van der Waals surface area contributed by atoms with Crippen molar-refractivity contribution in [2.75, 3.05) is 0 Å². The highest BCUT2D eigenvalue weighted by molar-refractivity contribution is 4.65. The fourth-order valence-electron chi connectivity index (χ4n) is 1.87. The van der Waals surface area contributed by atoms with Crippen LogP contribution in [-0.2, 0) is 29.3 Å². The Morgan fingerprint density at radius 2 is 0.955 bits per heavy atom. The van der Waals surface area contributed by atoms with Crippen LogP contribution in [0.4, 0.5) is 0 Å². The van der Waals surface area contributed by atoms with Gasteiger partial charge < -0.3 is 0 Å². The predicted molar refractivity (Wildman–Crippen MR) is 83.4 cm³/mol. The molecule has 0 aromatic rings. The van der Waals surface area contributed by atoms with Crippen molar-refractivity contribution >= 4 is 0 Å². The van der Waals surface area contributed by atoms with E-state index in [1.165, 1.54) is 0 Å². The number of rotatable bonds is 13. The second-order valence-corrected chi connectivity index (χ2v) is 6.71. The van der Waals surface area contributed by atoms with Crippen LogP contribution in [0.15, 0.2) is 0 Å². The van der Waals surface area contributed by atoms with Gasteiger partial charge in [-0.2, -0.15) is 9.78 Å². The summed E-state index contributed by atoms with van der Waals surface area (Å²) in [5.41, 5.74) is -0.719. The van der Waals surface area contributed by atoms with Gasteiger partial charge in [0.05, 0.1) is 11.2 Å². The van der Waals surface area contributed by atoms with Crippen LogP contribution in [-0.4, -0.2) is 23.8 Å². The van der Waals surface area contributed by atoms with Gasteiger partial charge in [-0.15, -0.1) is 0 Å². The highest BCUT2D eigenvalue weighted by Crippen LogP contribution is 2.19. The molecule has 0 aliphatic carbocycles. The van der Waals surface area contributed by atoms with Crippen LogP contribution in [0.3, 0.4) is 0 Å². The fraction of sp³-hybridized carbons (Fsp3) is 1.00. The molecule has 6 nitrogen and oxygen atoms in total. The van der Waals surface area contributed by atoms with Crippen LogP contribution < -0.4 is 0 Å². The summed E-state index contributed by atoms with van der Waals surface area (Å²) in [7, 11) is 0. The van der Waals surface area contributed by atoms with Gasteiger partial charge in [0.25, 0.3) is 0 Å². The molecule has 0 radical (unpaired) electrons. The van der Waals surface area contributed by atoms with Gasteiger partial charge in [0, 0.05) is 0 Å². The van der Waals surface area contributed by atoms with Gasteiger partial charge in [0.1, 0.15) is 0 Å². The summed E-state index contributed by atoms with van der Waals surface area (Å²) in [5.74, 6) is 0. The summed E-state index contributed by atoms with van der Waals surface area (Å²) in [5, 5.41) is 0. The molecule has 134 valence electrons. The van der Waals surface area contributed by atoms with Crippen LogP contribution in [0.5, 0.6) is 0 Å². The Morgan fingerprint density at radius 3 is 1.23 bits per heavy atom. The molecule has 6 heteroatoms. The predicted octanol–water partition coefficient (Wildman–Crippen LogP) is 4.68. The number of hydrogen-bond acceptors (Lipinski definition) is 6. The zero-order chi connectivity index (χ0) is 17.2. The summed E-state index contributed by atoms with van der Waals surface area (Å²) in [6.07, 6.45) is 2.45. The third-order valence-corrected chi connectivity index (χ3v) is 2.85. The molecule has 0 bridgehead atoms. The highest BCUT2D eigenvalue weighted by atomic mass is 17.3. The Balaban J connectivity index is 3.88. The van der Waals surface area contributed by atoms with Gasteiger partial charge in [-0.25, -0.2) is 19.6 Å². The monoisotopic (exact) mass is 322 g/mol. The highest BCUT2D eigenvalue weighted by Gasteiger charge is 2.22. The summed E-state index contributed by atoms with van der Waals surface area (Å²) >= 11 is 0. The van der Waals surface area contributed by atoms with Crippen molar-refractivity contribution in [2.45, 2.75) is 105 Å². The minimum absolute atomic E-state index is 0.359. The first kappa shape index (κ1) is 21.8. The van der Waals surface area contributed by atoms with Gasteiger partial charge in [-0.3, -0.25) is 0 Å². The summed E-state index contributed by atoms with van der Waals surface area (Å²) in [6.45, 7) is 15.4. The minimum Gasteiger partial charge on any atom is -0.228 e. The molecule has 2 unspecified atom stereocenters. The van der Waals surface area contributed by atoms with Gasteiger partial charge in [-0.05, 0) is 54.4 Å². The first-order valence-corrected chi connectivity index (χ1v) is 8.13. The van der Waals surface area contributed by atoms with E-state index in [-0.39, 0.29) is 11.2 Å². The number of hydrogen-bond donors (Lipinski definition) is 0. The maximum atomic E-state index is 5.33. The summed E-state index contributed by atoms with van der Waals surface area (Å²) < 4.78 is 0. The van der Waals surface area contributed by atoms with E-state index in [4.69, 9.17) is 29.3 Å². The van der Waals surface area contributed by atoms with E-state index >= 15 is 0 Å². The Bertz CT molecular complexity index is 252. The lowest BCUT2D eigenvalue weighted by molar-refractivity contribution is -0.531. The molecule has 22 heavy (non-hydrogen) atoms. The molecular weight excluding hydrogens is 288 g/mol. The lowest BCUT2D eigenvalue weighted by atomic mass is 10.0. The molecule has 0 aliphatic rings. The summed E-state index contributed by atoms with van der Waals surface area (Å²) in [4.78, 5) is 31.1. The normalized spacial score (nSPS) is 15.8. The quantitative estimate of drug-likeness (QED) is 0.279. The van der Waals surface area contributed by atoms with Crippen LogP contribution in [0, 0.1) is 0 Å². The van der Waals surface area contributed by atoms with Crippen molar-refractivity contribution in [2.24, 2.45) is 0 Å². The molecule has 0 amide bonds.